The Morgan fingerprint density at radius 3 is 2.28 bits per heavy atom. The van der Waals surface area contributed by atoms with Gasteiger partial charge in [0.15, 0.2) is 0 Å². The van der Waals surface area contributed by atoms with E-state index in [1.165, 1.54) is 0 Å². The Kier molecular flexibility index (Phi) is 6.29. The zero-order valence-corrected chi connectivity index (χ0v) is 16.5. The van der Waals surface area contributed by atoms with Crippen molar-refractivity contribution in [3.05, 3.63) is 60.2 Å². The summed E-state index contributed by atoms with van der Waals surface area (Å²) in [7, 11) is 0. The number of urea groups is 1. The molecule has 0 radical (unpaired) electrons. The third kappa shape index (κ3) is 4.46. The fourth-order valence-electron chi connectivity index (χ4n) is 3.60. The van der Waals surface area contributed by atoms with Gasteiger partial charge in [0.1, 0.15) is 12.1 Å². The van der Waals surface area contributed by atoms with Gasteiger partial charge >= 0.3 is 6.03 Å². The van der Waals surface area contributed by atoms with Gasteiger partial charge in [0.25, 0.3) is 11.8 Å². The summed E-state index contributed by atoms with van der Waals surface area (Å²) < 4.78 is 0. The van der Waals surface area contributed by atoms with Crippen LogP contribution in [0.3, 0.4) is 0 Å². The van der Waals surface area contributed by atoms with E-state index in [1.54, 1.807) is 19.3 Å². The van der Waals surface area contributed by atoms with Crippen LogP contribution in [0.1, 0.15) is 25.8 Å². The summed E-state index contributed by atoms with van der Waals surface area (Å²) in [6, 6.07) is 15.8. The standard InChI is InChI=1S/C22H25N3O4/c1-14(2)19(20(26)24-29)25-21(27)18(23-22(25)28)13-10-15-8-11-17(12-9-15)16-6-4-3-5-7-16/h3-9,11-12,14,18-19,29H,10,13H2,1-2H3,(H,23,28)(H,24,26)/t18-,19+/m0/s1. The van der Waals surface area contributed by atoms with Gasteiger partial charge in [-0.05, 0) is 35.4 Å². The number of hydrogen-bond donors (Lipinski definition) is 3. The Morgan fingerprint density at radius 1 is 1.07 bits per heavy atom. The lowest BCUT2D eigenvalue weighted by atomic mass is 9.99. The minimum atomic E-state index is -1.05. The number of carbonyl (C=O) groups excluding carboxylic acids is 3. The van der Waals surface area contributed by atoms with Crippen molar-refractivity contribution >= 4 is 17.8 Å². The van der Waals surface area contributed by atoms with E-state index in [4.69, 9.17) is 5.21 Å². The first-order chi connectivity index (χ1) is 13.9. The number of rotatable bonds is 7. The number of imide groups is 1. The van der Waals surface area contributed by atoms with Crippen LogP contribution in [0.25, 0.3) is 11.1 Å². The van der Waals surface area contributed by atoms with Crippen molar-refractivity contribution < 1.29 is 19.6 Å². The summed E-state index contributed by atoms with van der Waals surface area (Å²) in [4.78, 5) is 37.9. The second-order valence-electron chi connectivity index (χ2n) is 7.48. The maximum absolute atomic E-state index is 12.7. The van der Waals surface area contributed by atoms with E-state index in [2.05, 4.69) is 5.32 Å². The van der Waals surface area contributed by atoms with E-state index in [0.717, 1.165) is 21.6 Å². The second-order valence-corrected chi connectivity index (χ2v) is 7.48. The Bertz CT molecular complexity index is 881. The molecular formula is C22H25N3O4. The first kappa shape index (κ1) is 20.5. The maximum atomic E-state index is 12.7. The van der Waals surface area contributed by atoms with Gasteiger partial charge in [-0.1, -0.05) is 68.4 Å². The predicted molar refractivity (Wildman–Crippen MR) is 108 cm³/mol. The van der Waals surface area contributed by atoms with E-state index in [9.17, 15) is 14.4 Å². The van der Waals surface area contributed by atoms with Crippen LogP contribution < -0.4 is 10.8 Å². The van der Waals surface area contributed by atoms with Gasteiger partial charge in [-0.25, -0.2) is 15.2 Å². The topological polar surface area (TPSA) is 98.7 Å². The Hall–Kier alpha value is -3.19. The highest BCUT2D eigenvalue weighted by Gasteiger charge is 2.45. The molecule has 1 aliphatic heterocycles. The number of benzene rings is 2. The van der Waals surface area contributed by atoms with E-state index in [0.29, 0.717) is 12.8 Å². The summed E-state index contributed by atoms with van der Waals surface area (Å²) in [5, 5.41) is 11.6. The molecule has 0 unspecified atom stereocenters. The van der Waals surface area contributed by atoms with E-state index in [1.807, 2.05) is 54.6 Å². The molecule has 7 heteroatoms. The van der Waals surface area contributed by atoms with Crippen molar-refractivity contribution in [2.75, 3.05) is 0 Å². The highest BCUT2D eigenvalue weighted by atomic mass is 16.5. The zero-order chi connectivity index (χ0) is 21.0. The van der Waals surface area contributed by atoms with Crippen LogP contribution >= 0.6 is 0 Å². The Morgan fingerprint density at radius 2 is 1.69 bits per heavy atom. The second kappa shape index (κ2) is 8.87. The summed E-state index contributed by atoms with van der Waals surface area (Å²) in [6.45, 7) is 3.42. The maximum Gasteiger partial charge on any atom is 0.325 e. The van der Waals surface area contributed by atoms with Crippen LogP contribution in [0.15, 0.2) is 54.6 Å². The normalized spacial score (nSPS) is 17.4. The SMILES string of the molecule is CC(C)[C@H](C(=O)NO)N1C(=O)N[C@@H](CCc2ccc(-c3ccccc3)cc2)C1=O. The molecule has 29 heavy (non-hydrogen) atoms. The Balaban J connectivity index is 1.65. The van der Waals surface area contributed by atoms with Gasteiger partial charge in [0, 0.05) is 0 Å². The smallest absolute Gasteiger partial charge is 0.325 e. The molecule has 0 aromatic heterocycles. The predicted octanol–water partition coefficient (Wildman–Crippen LogP) is 2.74. The number of hydrogen-bond acceptors (Lipinski definition) is 4. The molecule has 1 saturated heterocycles. The highest BCUT2D eigenvalue weighted by Crippen LogP contribution is 2.22. The molecule has 0 aliphatic carbocycles. The van der Waals surface area contributed by atoms with Crippen molar-refractivity contribution in [2.24, 2.45) is 5.92 Å². The third-order valence-corrected chi connectivity index (χ3v) is 5.12. The summed E-state index contributed by atoms with van der Waals surface area (Å²) >= 11 is 0. The molecule has 3 rings (SSSR count). The fraction of sp³-hybridized carbons (Fsp3) is 0.318. The lowest BCUT2D eigenvalue weighted by Gasteiger charge is -2.26. The van der Waals surface area contributed by atoms with Gasteiger partial charge < -0.3 is 5.32 Å². The minimum Gasteiger partial charge on any atom is -0.326 e. The van der Waals surface area contributed by atoms with E-state index in [-0.39, 0.29) is 5.92 Å². The molecule has 1 fully saturated rings. The molecule has 152 valence electrons. The number of amides is 4. The van der Waals surface area contributed by atoms with Crippen LogP contribution in [0.4, 0.5) is 4.79 Å². The van der Waals surface area contributed by atoms with Gasteiger partial charge in [-0.2, -0.15) is 0 Å². The van der Waals surface area contributed by atoms with Gasteiger partial charge in [0.2, 0.25) is 0 Å². The van der Waals surface area contributed by atoms with Crippen molar-refractivity contribution in [2.45, 2.75) is 38.8 Å². The van der Waals surface area contributed by atoms with Gasteiger partial charge in [-0.3, -0.25) is 14.8 Å². The third-order valence-electron chi connectivity index (χ3n) is 5.12. The molecule has 4 amide bonds. The lowest BCUT2D eigenvalue weighted by molar-refractivity contribution is -0.142. The first-order valence-corrected chi connectivity index (χ1v) is 9.64. The fourth-order valence-corrected chi connectivity index (χ4v) is 3.60. The van der Waals surface area contributed by atoms with Crippen molar-refractivity contribution in [1.29, 1.82) is 0 Å². The van der Waals surface area contributed by atoms with Crippen LogP contribution in [0.2, 0.25) is 0 Å². The molecular weight excluding hydrogens is 370 g/mol. The highest BCUT2D eigenvalue weighted by molar-refractivity contribution is 6.07. The molecule has 7 nitrogen and oxygen atoms in total. The lowest BCUT2D eigenvalue weighted by Crippen LogP contribution is -2.52. The number of aryl methyl sites for hydroxylation is 1. The van der Waals surface area contributed by atoms with Crippen molar-refractivity contribution in [3.8, 4) is 11.1 Å². The average Bonchev–Trinajstić information content (AvgIpc) is 3.01. The number of carbonyl (C=O) groups is 3. The van der Waals surface area contributed by atoms with Crippen LogP contribution in [-0.2, 0) is 16.0 Å². The summed E-state index contributed by atoms with van der Waals surface area (Å²) in [5.41, 5.74) is 4.84. The molecule has 1 heterocycles. The average molecular weight is 395 g/mol. The van der Waals surface area contributed by atoms with Crippen molar-refractivity contribution in [3.63, 3.8) is 0 Å². The zero-order valence-electron chi connectivity index (χ0n) is 16.5. The molecule has 0 bridgehead atoms. The van der Waals surface area contributed by atoms with Gasteiger partial charge in [-0.15, -0.1) is 0 Å². The largest absolute Gasteiger partial charge is 0.326 e. The van der Waals surface area contributed by atoms with Crippen LogP contribution in [-0.4, -0.2) is 40.0 Å². The first-order valence-electron chi connectivity index (χ1n) is 9.64. The number of nitrogens with zero attached hydrogens (tertiary/aromatic N) is 1. The van der Waals surface area contributed by atoms with Gasteiger partial charge in [0.05, 0.1) is 0 Å². The molecule has 3 N–H and O–H groups in total. The van der Waals surface area contributed by atoms with Crippen LogP contribution in [0.5, 0.6) is 0 Å². The summed E-state index contributed by atoms with van der Waals surface area (Å²) in [5.74, 6) is -1.56. The Labute approximate surface area is 169 Å². The van der Waals surface area contributed by atoms with Crippen LogP contribution in [0, 0.1) is 5.92 Å². The molecule has 0 saturated carbocycles. The number of nitrogens with one attached hydrogen (secondary N) is 2. The molecule has 2 aromatic carbocycles. The monoisotopic (exact) mass is 395 g/mol. The van der Waals surface area contributed by atoms with E-state index >= 15 is 0 Å². The molecule has 2 aromatic rings. The summed E-state index contributed by atoms with van der Waals surface area (Å²) in [6.07, 6.45) is 1.04. The van der Waals surface area contributed by atoms with E-state index < -0.39 is 29.9 Å². The van der Waals surface area contributed by atoms with Crippen molar-refractivity contribution in [1.82, 2.24) is 15.7 Å². The minimum absolute atomic E-state index is 0.332. The quantitative estimate of drug-likeness (QED) is 0.381. The molecule has 0 spiro atoms. The molecule has 2 atom stereocenters. The number of hydroxylamine groups is 1. The molecule has 1 aliphatic rings.